The Bertz CT molecular complexity index is 678. The Kier molecular flexibility index (Phi) is 7.50. The van der Waals surface area contributed by atoms with Gasteiger partial charge in [-0.2, -0.15) is 0 Å². The lowest BCUT2D eigenvalue weighted by molar-refractivity contribution is -0.125. The van der Waals surface area contributed by atoms with Crippen molar-refractivity contribution in [3.8, 4) is 0 Å². The molecular formula is C19H21NO4S. The SMILES string of the molecule is CSC(O)C(=O)[C@H](Cc1ccccc1)NC(=O)OCc1ccccc1. The first-order valence-corrected chi connectivity index (χ1v) is 9.14. The van der Waals surface area contributed by atoms with Crippen molar-refractivity contribution >= 4 is 23.6 Å². The predicted octanol–water partition coefficient (Wildman–Crippen LogP) is 2.77. The molecule has 0 radical (unpaired) electrons. The number of amides is 1. The normalized spacial score (nSPS) is 12.9. The van der Waals surface area contributed by atoms with Gasteiger partial charge in [-0.3, -0.25) is 4.79 Å². The van der Waals surface area contributed by atoms with E-state index in [1.807, 2.05) is 60.7 Å². The van der Waals surface area contributed by atoms with Crippen LogP contribution in [-0.4, -0.2) is 34.7 Å². The van der Waals surface area contributed by atoms with E-state index in [1.54, 1.807) is 6.26 Å². The highest BCUT2D eigenvalue weighted by atomic mass is 32.2. The van der Waals surface area contributed by atoms with Crippen LogP contribution in [-0.2, 0) is 22.6 Å². The van der Waals surface area contributed by atoms with Gasteiger partial charge in [0.25, 0.3) is 0 Å². The van der Waals surface area contributed by atoms with E-state index >= 15 is 0 Å². The number of aliphatic hydroxyl groups is 1. The first-order chi connectivity index (χ1) is 12.1. The molecule has 0 fully saturated rings. The second-order valence-electron chi connectivity index (χ2n) is 5.44. The smallest absolute Gasteiger partial charge is 0.408 e. The molecule has 5 nitrogen and oxygen atoms in total. The molecule has 0 saturated heterocycles. The molecule has 0 saturated carbocycles. The lowest BCUT2D eigenvalue weighted by Gasteiger charge is -2.19. The van der Waals surface area contributed by atoms with Gasteiger partial charge in [-0.15, -0.1) is 11.8 Å². The van der Waals surface area contributed by atoms with Crippen LogP contribution in [0, 0.1) is 0 Å². The minimum Gasteiger partial charge on any atom is -0.445 e. The molecule has 2 atom stereocenters. The molecule has 2 aromatic rings. The first-order valence-electron chi connectivity index (χ1n) is 7.86. The summed E-state index contributed by atoms with van der Waals surface area (Å²) in [4.78, 5) is 24.4. The summed E-state index contributed by atoms with van der Waals surface area (Å²) in [6, 6.07) is 17.7. The molecule has 2 N–H and O–H groups in total. The molecule has 0 heterocycles. The Labute approximate surface area is 151 Å². The van der Waals surface area contributed by atoms with E-state index in [4.69, 9.17) is 4.74 Å². The third kappa shape index (κ3) is 6.25. The van der Waals surface area contributed by atoms with E-state index in [2.05, 4.69) is 5.32 Å². The quantitative estimate of drug-likeness (QED) is 0.709. The van der Waals surface area contributed by atoms with Crippen molar-refractivity contribution in [3.63, 3.8) is 0 Å². The standard InChI is InChI=1S/C19H21NO4S/c1-25-18(22)17(21)16(12-14-8-4-2-5-9-14)20-19(23)24-13-15-10-6-3-7-11-15/h2-11,16,18,22H,12-13H2,1H3,(H,20,23)/t16-,18?/m0/s1. The highest BCUT2D eigenvalue weighted by Crippen LogP contribution is 2.11. The van der Waals surface area contributed by atoms with Gasteiger partial charge in [0, 0.05) is 6.42 Å². The molecular weight excluding hydrogens is 338 g/mol. The number of benzene rings is 2. The lowest BCUT2D eigenvalue weighted by Crippen LogP contribution is -2.46. The molecule has 0 aliphatic carbocycles. The Morgan fingerprint density at radius 3 is 2.16 bits per heavy atom. The van der Waals surface area contributed by atoms with Crippen LogP contribution in [0.25, 0.3) is 0 Å². The Morgan fingerprint density at radius 2 is 1.60 bits per heavy atom. The Morgan fingerprint density at radius 1 is 1.04 bits per heavy atom. The largest absolute Gasteiger partial charge is 0.445 e. The maximum absolute atomic E-state index is 12.3. The van der Waals surface area contributed by atoms with Gasteiger partial charge in [0.15, 0.2) is 11.2 Å². The highest BCUT2D eigenvalue weighted by Gasteiger charge is 2.27. The van der Waals surface area contributed by atoms with Gasteiger partial charge >= 0.3 is 6.09 Å². The number of hydrogen-bond acceptors (Lipinski definition) is 5. The summed E-state index contributed by atoms with van der Waals surface area (Å²) in [5.41, 5.74) is 0.549. The molecule has 0 spiro atoms. The van der Waals surface area contributed by atoms with E-state index in [0.29, 0.717) is 0 Å². The van der Waals surface area contributed by atoms with Crippen molar-refractivity contribution in [2.75, 3.05) is 6.26 Å². The van der Waals surface area contributed by atoms with Crippen LogP contribution in [0.4, 0.5) is 4.79 Å². The number of rotatable bonds is 8. The van der Waals surface area contributed by atoms with Gasteiger partial charge in [-0.25, -0.2) is 4.79 Å². The van der Waals surface area contributed by atoms with E-state index in [9.17, 15) is 14.7 Å². The zero-order valence-electron chi connectivity index (χ0n) is 13.9. The molecule has 1 amide bonds. The Hall–Kier alpha value is -2.31. The summed E-state index contributed by atoms with van der Waals surface area (Å²) in [6.07, 6.45) is 1.24. The summed E-state index contributed by atoms with van der Waals surface area (Å²) in [5.74, 6) is -0.451. The number of hydrogen-bond donors (Lipinski definition) is 2. The van der Waals surface area contributed by atoms with Crippen molar-refractivity contribution in [2.45, 2.75) is 24.5 Å². The van der Waals surface area contributed by atoms with Crippen LogP contribution < -0.4 is 5.32 Å². The average Bonchev–Trinajstić information content (AvgIpc) is 2.66. The molecule has 2 rings (SSSR count). The molecule has 0 aliphatic heterocycles. The monoisotopic (exact) mass is 359 g/mol. The molecule has 132 valence electrons. The second kappa shape index (κ2) is 9.86. The number of ether oxygens (including phenoxy) is 1. The molecule has 0 aromatic heterocycles. The zero-order valence-corrected chi connectivity index (χ0v) is 14.7. The first kappa shape index (κ1) is 19.0. The number of alkyl carbamates (subject to hydrolysis) is 1. The summed E-state index contributed by atoms with van der Waals surface area (Å²) in [7, 11) is 0. The van der Waals surface area contributed by atoms with Gasteiger partial charge in [0.05, 0.1) is 6.04 Å². The van der Waals surface area contributed by atoms with Crippen LogP contribution in [0.1, 0.15) is 11.1 Å². The second-order valence-corrected chi connectivity index (χ2v) is 6.36. The average molecular weight is 359 g/mol. The van der Waals surface area contributed by atoms with Crippen molar-refractivity contribution in [3.05, 3.63) is 71.8 Å². The zero-order chi connectivity index (χ0) is 18.1. The number of ketones is 1. The molecule has 0 bridgehead atoms. The third-order valence-electron chi connectivity index (χ3n) is 3.60. The van der Waals surface area contributed by atoms with Crippen LogP contribution in [0.5, 0.6) is 0 Å². The number of Topliss-reactive ketones (excluding diaryl/α,β-unsaturated/α-hetero) is 1. The van der Waals surface area contributed by atoms with E-state index in [0.717, 1.165) is 22.9 Å². The third-order valence-corrected chi connectivity index (χ3v) is 4.28. The minimum atomic E-state index is -1.19. The predicted molar refractivity (Wildman–Crippen MR) is 98.2 cm³/mol. The Balaban J connectivity index is 1.99. The van der Waals surface area contributed by atoms with Gasteiger partial charge < -0.3 is 15.2 Å². The van der Waals surface area contributed by atoms with Crippen molar-refractivity contribution < 1.29 is 19.4 Å². The molecule has 0 aliphatic rings. The lowest BCUT2D eigenvalue weighted by atomic mass is 10.0. The van der Waals surface area contributed by atoms with Crippen molar-refractivity contribution in [2.24, 2.45) is 0 Å². The molecule has 2 aromatic carbocycles. The fourth-order valence-electron chi connectivity index (χ4n) is 2.27. The highest BCUT2D eigenvalue weighted by molar-refractivity contribution is 7.99. The van der Waals surface area contributed by atoms with Crippen molar-refractivity contribution in [1.82, 2.24) is 5.32 Å². The molecule has 1 unspecified atom stereocenters. The van der Waals surface area contributed by atoms with Crippen LogP contribution >= 0.6 is 11.8 Å². The van der Waals surface area contributed by atoms with E-state index < -0.39 is 23.4 Å². The van der Waals surface area contributed by atoms with E-state index in [1.165, 1.54) is 0 Å². The number of nitrogens with one attached hydrogen (secondary N) is 1. The number of aliphatic hydroxyl groups excluding tert-OH is 1. The maximum atomic E-state index is 12.3. The van der Waals surface area contributed by atoms with Gasteiger partial charge in [-0.1, -0.05) is 60.7 Å². The van der Waals surface area contributed by atoms with Gasteiger partial charge in [-0.05, 0) is 17.4 Å². The summed E-state index contributed by atoms with van der Waals surface area (Å²) >= 11 is 1.02. The van der Waals surface area contributed by atoms with Crippen LogP contribution in [0.2, 0.25) is 0 Å². The number of carbonyl (C=O) groups is 2. The van der Waals surface area contributed by atoms with Crippen molar-refractivity contribution in [1.29, 1.82) is 0 Å². The topological polar surface area (TPSA) is 75.6 Å². The minimum absolute atomic E-state index is 0.115. The summed E-state index contributed by atoms with van der Waals surface area (Å²) in [6.45, 7) is 0.115. The van der Waals surface area contributed by atoms with Gasteiger partial charge in [0.1, 0.15) is 6.61 Å². The summed E-state index contributed by atoms with van der Waals surface area (Å²) < 4.78 is 5.17. The number of carbonyl (C=O) groups excluding carboxylic acids is 2. The number of thioether (sulfide) groups is 1. The fourth-order valence-corrected chi connectivity index (χ4v) is 2.66. The van der Waals surface area contributed by atoms with E-state index in [-0.39, 0.29) is 13.0 Å². The van der Waals surface area contributed by atoms with Crippen LogP contribution in [0.15, 0.2) is 60.7 Å². The maximum Gasteiger partial charge on any atom is 0.408 e. The molecule has 25 heavy (non-hydrogen) atoms. The van der Waals surface area contributed by atoms with Gasteiger partial charge in [0.2, 0.25) is 0 Å². The van der Waals surface area contributed by atoms with Crippen LogP contribution in [0.3, 0.4) is 0 Å². The summed E-state index contributed by atoms with van der Waals surface area (Å²) in [5, 5.41) is 12.4. The fraction of sp³-hybridized carbons (Fsp3) is 0.263. The molecule has 6 heteroatoms.